The van der Waals surface area contributed by atoms with Crippen molar-refractivity contribution >= 4 is 0 Å². The van der Waals surface area contributed by atoms with E-state index < -0.39 is 0 Å². The average molecular weight is 280 g/mol. The van der Waals surface area contributed by atoms with E-state index in [0.717, 1.165) is 12.4 Å². The Labute approximate surface area is 128 Å². The van der Waals surface area contributed by atoms with Gasteiger partial charge in [-0.2, -0.15) is 0 Å². The Morgan fingerprint density at radius 2 is 1.67 bits per heavy atom. The van der Waals surface area contributed by atoms with Gasteiger partial charge in [0.15, 0.2) is 0 Å². The SMILES string of the molecule is Cc1cc(C)c2c(c1C)OC[C@H]2c1ccc(C(C)C)cc1. The molecule has 1 heterocycles. The van der Waals surface area contributed by atoms with Gasteiger partial charge in [-0.05, 0) is 54.5 Å². The van der Waals surface area contributed by atoms with Crippen LogP contribution < -0.4 is 4.74 Å². The lowest BCUT2D eigenvalue weighted by molar-refractivity contribution is 0.341. The van der Waals surface area contributed by atoms with Crippen LogP contribution in [0, 0.1) is 20.8 Å². The molecule has 1 aliphatic heterocycles. The van der Waals surface area contributed by atoms with Gasteiger partial charge in [0.1, 0.15) is 5.75 Å². The molecule has 21 heavy (non-hydrogen) atoms. The summed E-state index contributed by atoms with van der Waals surface area (Å²) in [7, 11) is 0. The van der Waals surface area contributed by atoms with Crippen LogP contribution in [0.2, 0.25) is 0 Å². The molecule has 0 saturated heterocycles. The van der Waals surface area contributed by atoms with E-state index in [1.807, 2.05) is 0 Å². The topological polar surface area (TPSA) is 9.23 Å². The molecule has 0 saturated carbocycles. The van der Waals surface area contributed by atoms with Crippen molar-refractivity contribution in [3.05, 3.63) is 63.7 Å². The molecule has 2 aromatic rings. The van der Waals surface area contributed by atoms with E-state index in [1.54, 1.807) is 0 Å². The van der Waals surface area contributed by atoms with Gasteiger partial charge in [0, 0.05) is 11.5 Å². The summed E-state index contributed by atoms with van der Waals surface area (Å²) < 4.78 is 6.04. The summed E-state index contributed by atoms with van der Waals surface area (Å²) in [6.45, 7) is 11.8. The van der Waals surface area contributed by atoms with Gasteiger partial charge >= 0.3 is 0 Å². The second kappa shape index (κ2) is 5.22. The van der Waals surface area contributed by atoms with Crippen LogP contribution >= 0.6 is 0 Å². The summed E-state index contributed by atoms with van der Waals surface area (Å²) in [4.78, 5) is 0. The molecule has 0 N–H and O–H groups in total. The van der Waals surface area contributed by atoms with Crippen molar-refractivity contribution in [3.8, 4) is 5.75 Å². The monoisotopic (exact) mass is 280 g/mol. The van der Waals surface area contributed by atoms with Gasteiger partial charge in [-0.25, -0.2) is 0 Å². The molecule has 0 fully saturated rings. The Hall–Kier alpha value is -1.76. The Kier molecular flexibility index (Phi) is 3.52. The zero-order chi connectivity index (χ0) is 15.1. The lowest BCUT2D eigenvalue weighted by Gasteiger charge is -2.15. The zero-order valence-electron chi connectivity index (χ0n) is 13.7. The van der Waals surface area contributed by atoms with Gasteiger partial charge < -0.3 is 4.74 Å². The molecule has 0 amide bonds. The van der Waals surface area contributed by atoms with Crippen LogP contribution in [0.15, 0.2) is 30.3 Å². The van der Waals surface area contributed by atoms with E-state index >= 15 is 0 Å². The van der Waals surface area contributed by atoms with Crippen LogP contribution in [0.25, 0.3) is 0 Å². The lowest BCUT2D eigenvalue weighted by atomic mass is 9.87. The largest absolute Gasteiger partial charge is 0.492 e. The summed E-state index contributed by atoms with van der Waals surface area (Å²) >= 11 is 0. The maximum Gasteiger partial charge on any atom is 0.126 e. The fourth-order valence-corrected chi connectivity index (χ4v) is 3.32. The molecule has 2 aromatic carbocycles. The van der Waals surface area contributed by atoms with Crippen molar-refractivity contribution in [1.82, 2.24) is 0 Å². The van der Waals surface area contributed by atoms with Crippen molar-refractivity contribution in [1.29, 1.82) is 0 Å². The molecular formula is C20H24O. The first kappa shape index (κ1) is 14.2. The summed E-state index contributed by atoms with van der Waals surface area (Å²) in [5.41, 5.74) is 8.11. The van der Waals surface area contributed by atoms with E-state index in [1.165, 1.54) is 33.4 Å². The molecule has 110 valence electrons. The Morgan fingerprint density at radius 1 is 1.00 bits per heavy atom. The Bertz CT molecular complexity index is 665. The van der Waals surface area contributed by atoms with Crippen molar-refractivity contribution in [2.75, 3.05) is 6.61 Å². The average Bonchev–Trinajstić information content (AvgIpc) is 2.90. The zero-order valence-corrected chi connectivity index (χ0v) is 13.7. The van der Waals surface area contributed by atoms with Gasteiger partial charge in [0.2, 0.25) is 0 Å². The second-order valence-corrected chi connectivity index (χ2v) is 6.56. The third kappa shape index (κ3) is 2.35. The summed E-state index contributed by atoms with van der Waals surface area (Å²) in [6, 6.07) is 11.3. The third-order valence-electron chi connectivity index (χ3n) is 4.78. The smallest absolute Gasteiger partial charge is 0.126 e. The van der Waals surface area contributed by atoms with Crippen LogP contribution in [0.3, 0.4) is 0 Å². The summed E-state index contributed by atoms with van der Waals surface area (Å²) in [6.07, 6.45) is 0. The first-order valence-electron chi connectivity index (χ1n) is 7.82. The maximum absolute atomic E-state index is 6.04. The minimum absolute atomic E-state index is 0.375. The van der Waals surface area contributed by atoms with E-state index in [0.29, 0.717) is 11.8 Å². The predicted molar refractivity (Wildman–Crippen MR) is 88.5 cm³/mol. The van der Waals surface area contributed by atoms with E-state index in [4.69, 9.17) is 4.74 Å². The van der Waals surface area contributed by atoms with Crippen molar-refractivity contribution in [2.45, 2.75) is 46.5 Å². The number of hydrogen-bond donors (Lipinski definition) is 0. The molecular weight excluding hydrogens is 256 g/mol. The van der Waals surface area contributed by atoms with Crippen LogP contribution in [-0.4, -0.2) is 6.61 Å². The fraction of sp³-hybridized carbons (Fsp3) is 0.400. The molecule has 0 radical (unpaired) electrons. The van der Waals surface area contributed by atoms with E-state index in [2.05, 4.69) is 65.0 Å². The Balaban J connectivity index is 2.03. The minimum Gasteiger partial charge on any atom is -0.492 e. The lowest BCUT2D eigenvalue weighted by Crippen LogP contribution is -2.04. The van der Waals surface area contributed by atoms with Crippen LogP contribution in [-0.2, 0) is 0 Å². The highest BCUT2D eigenvalue weighted by molar-refractivity contribution is 5.56. The van der Waals surface area contributed by atoms with Gasteiger partial charge in [-0.1, -0.05) is 44.2 Å². The molecule has 1 atom stereocenters. The standard InChI is InChI=1S/C20H24O/c1-12(2)16-6-8-17(9-7-16)18-11-21-20-15(5)13(3)10-14(4)19(18)20/h6-10,12,18H,11H2,1-5H3/t18-/m0/s1. The highest BCUT2D eigenvalue weighted by Crippen LogP contribution is 2.43. The predicted octanol–water partition coefficient (Wildman–Crippen LogP) is 5.26. The van der Waals surface area contributed by atoms with Crippen LogP contribution in [0.5, 0.6) is 5.75 Å². The quantitative estimate of drug-likeness (QED) is 0.729. The summed E-state index contributed by atoms with van der Waals surface area (Å²) in [5, 5.41) is 0. The van der Waals surface area contributed by atoms with Gasteiger partial charge in [0.25, 0.3) is 0 Å². The van der Waals surface area contributed by atoms with Gasteiger partial charge in [-0.15, -0.1) is 0 Å². The summed E-state index contributed by atoms with van der Waals surface area (Å²) in [5.74, 6) is 2.07. The molecule has 3 rings (SSSR count). The molecule has 0 spiro atoms. The minimum atomic E-state index is 0.375. The maximum atomic E-state index is 6.04. The third-order valence-corrected chi connectivity index (χ3v) is 4.78. The molecule has 0 aromatic heterocycles. The fourth-order valence-electron chi connectivity index (χ4n) is 3.32. The van der Waals surface area contributed by atoms with Crippen molar-refractivity contribution < 1.29 is 4.74 Å². The van der Waals surface area contributed by atoms with Gasteiger partial charge in [0.05, 0.1) is 6.61 Å². The first-order chi connectivity index (χ1) is 9.99. The molecule has 0 bridgehead atoms. The first-order valence-corrected chi connectivity index (χ1v) is 7.82. The van der Waals surface area contributed by atoms with Crippen LogP contribution in [0.4, 0.5) is 0 Å². The van der Waals surface area contributed by atoms with Crippen LogP contribution in [0.1, 0.15) is 59.1 Å². The molecule has 0 unspecified atom stereocenters. The normalized spacial score (nSPS) is 17.0. The second-order valence-electron chi connectivity index (χ2n) is 6.56. The number of hydrogen-bond acceptors (Lipinski definition) is 1. The highest BCUT2D eigenvalue weighted by atomic mass is 16.5. The van der Waals surface area contributed by atoms with Gasteiger partial charge in [-0.3, -0.25) is 0 Å². The molecule has 0 aliphatic carbocycles. The molecule has 1 aliphatic rings. The van der Waals surface area contributed by atoms with Crippen molar-refractivity contribution in [3.63, 3.8) is 0 Å². The number of fused-ring (bicyclic) bond motifs is 1. The Morgan fingerprint density at radius 3 is 2.29 bits per heavy atom. The number of rotatable bonds is 2. The van der Waals surface area contributed by atoms with E-state index in [-0.39, 0.29) is 0 Å². The van der Waals surface area contributed by atoms with Crippen molar-refractivity contribution in [2.24, 2.45) is 0 Å². The molecule has 1 heteroatoms. The number of benzene rings is 2. The van der Waals surface area contributed by atoms with E-state index in [9.17, 15) is 0 Å². The molecule has 1 nitrogen and oxygen atoms in total. The number of aryl methyl sites for hydroxylation is 2. The highest BCUT2D eigenvalue weighted by Gasteiger charge is 2.29. The number of ether oxygens (including phenoxy) is 1.